The Morgan fingerprint density at radius 1 is 1.25 bits per heavy atom. The van der Waals surface area contributed by atoms with Gasteiger partial charge in [-0.05, 0) is 55.4 Å². The molecule has 0 amide bonds. The highest BCUT2D eigenvalue weighted by atomic mass is 16.3. The smallest absolute Gasteiger partial charge is 0.115 e. The van der Waals surface area contributed by atoms with E-state index in [0.29, 0.717) is 17.7 Å². The Bertz CT molecular complexity index is 404. The third-order valence-electron chi connectivity index (χ3n) is 4.65. The first-order valence-corrected chi connectivity index (χ1v) is 7.86. The number of nitrogens with two attached hydrogens (primary N) is 1. The Balaban J connectivity index is 1.94. The number of nitrogens with zero attached hydrogens (tertiary/aromatic N) is 1. The number of hydrogen-bond donors (Lipinski definition) is 2. The Kier molecular flexibility index (Phi) is 5.30. The number of rotatable bonds is 5. The van der Waals surface area contributed by atoms with Gasteiger partial charge in [-0.3, -0.25) is 0 Å². The Hall–Kier alpha value is -1.22. The van der Waals surface area contributed by atoms with Crippen molar-refractivity contribution in [3.05, 3.63) is 24.3 Å². The maximum absolute atomic E-state index is 9.36. The van der Waals surface area contributed by atoms with Gasteiger partial charge >= 0.3 is 0 Å². The lowest BCUT2D eigenvalue weighted by atomic mass is 9.76. The molecule has 20 heavy (non-hydrogen) atoms. The Morgan fingerprint density at radius 2 is 1.95 bits per heavy atom. The minimum Gasteiger partial charge on any atom is -0.508 e. The average Bonchev–Trinajstić information content (AvgIpc) is 2.43. The van der Waals surface area contributed by atoms with Crippen molar-refractivity contribution in [3.63, 3.8) is 0 Å². The number of benzene rings is 1. The molecule has 1 aromatic carbocycles. The van der Waals surface area contributed by atoms with E-state index in [1.54, 1.807) is 12.1 Å². The second-order valence-corrected chi connectivity index (χ2v) is 6.29. The van der Waals surface area contributed by atoms with Gasteiger partial charge in [0.25, 0.3) is 0 Å². The molecule has 1 saturated carbocycles. The van der Waals surface area contributed by atoms with Gasteiger partial charge in [-0.1, -0.05) is 19.8 Å². The van der Waals surface area contributed by atoms with Gasteiger partial charge in [0.2, 0.25) is 0 Å². The highest BCUT2D eigenvalue weighted by molar-refractivity contribution is 5.48. The van der Waals surface area contributed by atoms with Crippen LogP contribution < -0.4 is 10.6 Å². The number of anilines is 1. The minimum atomic E-state index is 0.319. The predicted molar refractivity (Wildman–Crippen MR) is 85.1 cm³/mol. The second kappa shape index (κ2) is 6.98. The van der Waals surface area contributed by atoms with E-state index in [-0.39, 0.29) is 0 Å². The summed E-state index contributed by atoms with van der Waals surface area (Å²) in [6.45, 7) is 3.28. The van der Waals surface area contributed by atoms with Crippen molar-refractivity contribution in [2.45, 2.75) is 45.1 Å². The summed E-state index contributed by atoms with van der Waals surface area (Å²) in [6.07, 6.45) is 6.34. The maximum atomic E-state index is 9.36. The van der Waals surface area contributed by atoms with E-state index in [2.05, 4.69) is 18.9 Å². The molecule has 0 radical (unpaired) electrons. The third kappa shape index (κ3) is 3.89. The van der Waals surface area contributed by atoms with Crippen molar-refractivity contribution in [2.24, 2.45) is 17.6 Å². The van der Waals surface area contributed by atoms with Crippen molar-refractivity contribution in [3.8, 4) is 5.75 Å². The van der Waals surface area contributed by atoms with E-state index in [0.717, 1.165) is 18.2 Å². The highest BCUT2D eigenvalue weighted by Gasteiger charge is 2.28. The Morgan fingerprint density at radius 3 is 2.60 bits per heavy atom. The molecule has 3 nitrogen and oxygen atoms in total. The lowest BCUT2D eigenvalue weighted by molar-refractivity contribution is 0.226. The van der Waals surface area contributed by atoms with E-state index < -0.39 is 0 Å². The fourth-order valence-corrected chi connectivity index (χ4v) is 3.43. The van der Waals surface area contributed by atoms with Crippen LogP contribution in [0.25, 0.3) is 0 Å². The van der Waals surface area contributed by atoms with Gasteiger partial charge in [-0.25, -0.2) is 0 Å². The van der Waals surface area contributed by atoms with Crippen molar-refractivity contribution < 1.29 is 5.11 Å². The molecule has 0 aliphatic heterocycles. The van der Waals surface area contributed by atoms with Gasteiger partial charge in [0.1, 0.15) is 5.75 Å². The van der Waals surface area contributed by atoms with Gasteiger partial charge in [0.05, 0.1) is 0 Å². The highest BCUT2D eigenvalue weighted by Crippen LogP contribution is 2.32. The van der Waals surface area contributed by atoms with Crippen LogP contribution in [0.3, 0.4) is 0 Å². The van der Waals surface area contributed by atoms with Crippen LogP contribution in [-0.4, -0.2) is 24.7 Å². The molecule has 0 saturated heterocycles. The molecule has 3 N–H and O–H groups in total. The zero-order valence-electron chi connectivity index (χ0n) is 12.8. The summed E-state index contributed by atoms with van der Waals surface area (Å²) in [5.74, 6) is 1.76. The molecule has 3 heteroatoms. The van der Waals surface area contributed by atoms with E-state index in [9.17, 15) is 5.11 Å². The summed E-state index contributed by atoms with van der Waals surface area (Å²) >= 11 is 0. The zero-order chi connectivity index (χ0) is 14.5. The molecule has 2 rings (SSSR count). The summed E-state index contributed by atoms with van der Waals surface area (Å²) < 4.78 is 0. The summed E-state index contributed by atoms with van der Waals surface area (Å²) in [4.78, 5) is 2.26. The molecule has 1 aromatic rings. The summed E-state index contributed by atoms with van der Waals surface area (Å²) in [5, 5.41) is 9.36. The number of hydrogen-bond acceptors (Lipinski definition) is 3. The van der Waals surface area contributed by atoms with Crippen molar-refractivity contribution >= 4 is 5.69 Å². The fraction of sp³-hybridized carbons (Fsp3) is 0.647. The van der Waals surface area contributed by atoms with Crippen LogP contribution in [-0.2, 0) is 0 Å². The first-order valence-electron chi connectivity index (χ1n) is 7.86. The summed E-state index contributed by atoms with van der Waals surface area (Å²) in [5.41, 5.74) is 7.47. The first-order chi connectivity index (χ1) is 9.60. The van der Waals surface area contributed by atoms with Gasteiger partial charge in [0.15, 0.2) is 0 Å². The fourth-order valence-electron chi connectivity index (χ4n) is 3.43. The normalized spacial score (nSPS) is 26.4. The first kappa shape index (κ1) is 15.2. The second-order valence-electron chi connectivity index (χ2n) is 6.29. The summed E-state index contributed by atoms with van der Waals surface area (Å²) in [6, 6.07) is 7.75. The average molecular weight is 276 g/mol. The molecule has 0 bridgehead atoms. The topological polar surface area (TPSA) is 49.5 Å². The molecular formula is C17H28N2O. The van der Waals surface area contributed by atoms with E-state index >= 15 is 0 Å². The van der Waals surface area contributed by atoms with Gasteiger partial charge < -0.3 is 15.7 Å². The van der Waals surface area contributed by atoms with Crippen LogP contribution in [0.1, 0.15) is 39.0 Å². The van der Waals surface area contributed by atoms with Crippen LogP contribution in [0.2, 0.25) is 0 Å². The number of phenolic OH excluding ortho intramolecular Hbond substituents is 1. The largest absolute Gasteiger partial charge is 0.508 e. The maximum Gasteiger partial charge on any atom is 0.115 e. The predicted octanol–water partition coefficient (Wildman–Crippen LogP) is 3.37. The quantitative estimate of drug-likeness (QED) is 0.867. The van der Waals surface area contributed by atoms with Crippen LogP contribution in [0.15, 0.2) is 24.3 Å². The lowest BCUT2D eigenvalue weighted by Gasteiger charge is -2.37. The number of phenols is 1. The molecule has 112 valence electrons. The monoisotopic (exact) mass is 276 g/mol. The molecular weight excluding hydrogens is 248 g/mol. The SMILES string of the molecule is CCCC1CCC(N)C(CN(C)c2ccc(O)cc2)C1. The zero-order valence-corrected chi connectivity index (χ0v) is 12.8. The van der Waals surface area contributed by atoms with Crippen LogP contribution in [0, 0.1) is 11.8 Å². The van der Waals surface area contributed by atoms with Crippen molar-refractivity contribution in [1.82, 2.24) is 0 Å². The standard InChI is InChI=1S/C17H28N2O/c1-3-4-13-5-10-17(18)14(11-13)12-19(2)15-6-8-16(20)9-7-15/h6-9,13-14,17,20H,3-5,10-12,18H2,1-2H3. The third-order valence-corrected chi connectivity index (χ3v) is 4.65. The van der Waals surface area contributed by atoms with Crippen molar-refractivity contribution in [2.75, 3.05) is 18.5 Å². The van der Waals surface area contributed by atoms with Crippen LogP contribution >= 0.6 is 0 Å². The summed E-state index contributed by atoms with van der Waals surface area (Å²) in [7, 11) is 2.11. The number of aromatic hydroxyl groups is 1. The Labute approximate surface area is 122 Å². The minimum absolute atomic E-state index is 0.319. The van der Waals surface area contributed by atoms with E-state index in [1.807, 2.05) is 12.1 Å². The molecule has 1 aliphatic carbocycles. The van der Waals surface area contributed by atoms with Gasteiger partial charge in [-0.2, -0.15) is 0 Å². The molecule has 1 fully saturated rings. The molecule has 0 heterocycles. The lowest BCUT2D eigenvalue weighted by Crippen LogP contribution is -2.42. The van der Waals surface area contributed by atoms with E-state index in [1.165, 1.54) is 32.1 Å². The van der Waals surface area contributed by atoms with Gasteiger partial charge in [0, 0.05) is 25.3 Å². The molecule has 3 unspecified atom stereocenters. The van der Waals surface area contributed by atoms with Crippen LogP contribution in [0.4, 0.5) is 5.69 Å². The molecule has 0 spiro atoms. The molecule has 3 atom stereocenters. The van der Waals surface area contributed by atoms with Crippen molar-refractivity contribution in [1.29, 1.82) is 0 Å². The molecule has 1 aliphatic rings. The van der Waals surface area contributed by atoms with Crippen LogP contribution in [0.5, 0.6) is 5.75 Å². The van der Waals surface area contributed by atoms with Gasteiger partial charge in [-0.15, -0.1) is 0 Å². The molecule has 0 aromatic heterocycles. The van der Waals surface area contributed by atoms with E-state index in [4.69, 9.17) is 5.73 Å².